The van der Waals surface area contributed by atoms with Gasteiger partial charge >= 0.3 is 0 Å². The van der Waals surface area contributed by atoms with Crippen LogP contribution in [-0.4, -0.2) is 31.8 Å². The van der Waals surface area contributed by atoms with Crippen LogP contribution in [-0.2, 0) is 6.42 Å². The van der Waals surface area contributed by atoms with Gasteiger partial charge in [0.05, 0.1) is 11.2 Å². The maximum Gasteiger partial charge on any atom is 0.189 e. The average Bonchev–Trinajstić information content (AvgIpc) is 2.66. The molecular formula is C25H28O5. The fraction of sp³-hybridized carbons (Fsp3) is 0.240. The standard InChI is InChI=1S/C25H28O5/c1-17(5-4-16-25(2,3)30)6-12-20-23(28)15-13-21(24(20)29)22(27)14-9-18-7-10-19(26)11-8-18/h4,6-11,13-16,26,28-30H,5,12H2,1-3H3/b14-9+,16-4+,17-6-. The van der Waals surface area contributed by atoms with Gasteiger partial charge in [-0.1, -0.05) is 42.0 Å². The molecule has 0 radical (unpaired) electrons. The number of allylic oxidation sites excluding steroid dienone is 4. The lowest BCUT2D eigenvalue weighted by Gasteiger charge is -2.10. The van der Waals surface area contributed by atoms with Crippen LogP contribution in [0.2, 0.25) is 0 Å². The van der Waals surface area contributed by atoms with Crippen LogP contribution in [0, 0.1) is 0 Å². The molecule has 5 heteroatoms. The lowest BCUT2D eigenvalue weighted by atomic mass is 9.99. The van der Waals surface area contributed by atoms with E-state index in [-0.39, 0.29) is 34.8 Å². The molecule has 0 heterocycles. The Morgan fingerprint density at radius 2 is 1.70 bits per heavy atom. The molecule has 30 heavy (non-hydrogen) atoms. The zero-order valence-corrected chi connectivity index (χ0v) is 17.5. The van der Waals surface area contributed by atoms with E-state index in [0.29, 0.717) is 6.42 Å². The summed E-state index contributed by atoms with van der Waals surface area (Å²) in [7, 11) is 0. The molecule has 0 aromatic heterocycles. The summed E-state index contributed by atoms with van der Waals surface area (Å²) in [5, 5.41) is 39.7. The molecule has 0 saturated carbocycles. The molecule has 2 aromatic carbocycles. The van der Waals surface area contributed by atoms with Crippen LogP contribution in [0.15, 0.2) is 66.3 Å². The van der Waals surface area contributed by atoms with Crippen molar-refractivity contribution in [1.29, 1.82) is 0 Å². The largest absolute Gasteiger partial charge is 0.508 e. The highest BCUT2D eigenvalue weighted by molar-refractivity contribution is 6.09. The van der Waals surface area contributed by atoms with Crippen molar-refractivity contribution in [2.24, 2.45) is 0 Å². The second-order valence-electron chi connectivity index (χ2n) is 7.76. The number of phenols is 3. The summed E-state index contributed by atoms with van der Waals surface area (Å²) in [6.45, 7) is 5.30. The molecule has 0 saturated heterocycles. The first kappa shape index (κ1) is 23.0. The zero-order valence-electron chi connectivity index (χ0n) is 17.5. The van der Waals surface area contributed by atoms with Crippen molar-refractivity contribution in [1.82, 2.24) is 0 Å². The molecule has 4 N–H and O–H groups in total. The smallest absolute Gasteiger partial charge is 0.189 e. The van der Waals surface area contributed by atoms with Crippen LogP contribution in [0.25, 0.3) is 6.08 Å². The molecule has 0 aliphatic rings. The third-order valence-electron chi connectivity index (χ3n) is 4.46. The maximum absolute atomic E-state index is 12.5. The fourth-order valence-electron chi connectivity index (χ4n) is 2.77. The highest BCUT2D eigenvalue weighted by Crippen LogP contribution is 2.32. The summed E-state index contributed by atoms with van der Waals surface area (Å²) in [5.41, 5.74) is 1.24. The van der Waals surface area contributed by atoms with E-state index in [4.69, 9.17) is 0 Å². The Hall–Kier alpha value is -3.31. The monoisotopic (exact) mass is 408 g/mol. The first-order chi connectivity index (χ1) is 14.1. The molecule has 5 nitrogen and oxygen atoms in total. The van der Waals surface area contributed by atoms with E-state index >= 15 is 0 Å². The van der Waals surface area contributed by atoms with Gasteiger partial charge in [-0.25, -0.2) is 0 Å². The zero-order chi connectivity index (χ0) is 22.3. The van der Waals surface area contributed by atoms with E-state index in [1.807, 2.05) is 19.1 Å². The van der Waals surface area contributed by atoms with Crippen LogP contribution in [0.1, 0.15) is 48.7 Å². The predicted molar refractivity (Wildman–Crippen MR) is 119 cm³/mol. The summed E-state index contributed by atoms with van der Waals surface area (Å²) in [6, 6.07) is 9.16. The van der Waals surface area contributed by atoms with Crippen LogP contribution in [0.4, 0.5) is 0 Å². The Morgan fingerprint density at radius 3 is 2.33 bits per heavy atom. The Kier molecular flexibility index (Phi) is 7.61. The quantitative estimate of drug-likeness (QED) is 0.283. The highest BCUT2D eigenvalue weighted by atomic mass is 16.3. The molecule has 0 amide bonds. The van der Waals surface area contributed by atoms with Crippen molar-refractivity contribution >= 4 is 11.9 Å². The van der Waals surface area contributed by atoms with Crippen molar-refractivity contribution in [2.45, 2.75) is 39.2 Å². The predicted octanol–water partition coefficient (Wildman–Crippen LogP) is 4.91. The molecule has 0 unspecified atom stereocenters. The molecule has 0 spiro atoms. The first-order valence-electron chi connectivity index (χ1n) is 9.68. The van der Waals surface area contributed by atoms with Gasteiger partial charge in [0.1, 0.15) is 17.2 Å². The van der Waals surface area contributed by atoms with Gasteiger partial charge in [0.25, 0.3) is 0 Å². The molecule has 2 rings (SSSR count). The maximum atomic E-state index is 12.5. The lowest BCUT2D eigenvalue weighted by molar-refractivity contribution is 0.104. The number of rotatable bonds is 8. The second-order valence-corrected chi connectivity index (χ2v) is 7.76. The van der Waals surface area contributed by atoms with Gasteiger partial charge in [0, 0.05) is 5.56 Å². The Labute approximate surface area is 177 Å². The van der Waals surface area contributed by atoms with Crippen molar-refractivity contribution in [3.05, 3.63) is 83.0 Å². The number of phenolic OH excluding ortho intramolecular Hbond substituents is 3. The first-order valence-corrected chi connectivity index (χ1v) is 9.68. The summed E-state index contributed by atoms with van der Waals surface area (Å²) in [6.07, 6.45) is 9.25. The molecule has 0 aliphatic heterocycles. The van der Waals surface area contributed by atoms with Gasteiger partial charge in [-0.3, -0.25) is 4.79 Å². The topological polar surface area (TPSA) is 98.0 Å². The van der Waals surface area contributed by atoms with Gasteiger partial charge < -0.3 is 20.4 Å². The lowest BCUT2D eigenvalue weighted by Crippen LogP contribution is -2.13. The third kappa shape index (κ3) is 6.94. The summed E-state index contributed by atoms with van der Waals surface area (Å²) >= 11 is 0. The third-order valence-corrected chi connectivity index (χ3v) is 4.46. The van der Waals surface area contributed by atoms with Crippen molar-refractivity contribution < 1.29 is 25.2 Å². The van der Waals surface area contributed by atoms with Crippen molar-refractivity contribution in [3.8, 4) is 17.2 Å². The van der Waals surface area contributed by atoms with E-state index in [0.717, 1.165) is 11.1 Å². The second kappa shape index (κ2) is 9.94. The summed E-state index contributed by atoms with van der Waals surface area (Å²) < 4.78 is 0. The molecular weight excluding hydrogens is 380 g/mol. The Balaban J connectivity index is 2.16. The Bertz CT molecular complexity index is 974. The van der Waals surface area contributed by atoms with Gasteiger partial charge in [-0.15, -0.1) is 0 Å². The number of ketones is 1. The SMILES string of the molecule is C/C(=C/Cc1c(O)ccc(C(=O)/C=C/c2ccc(O)cc2)c1O)C/C=C/C(C)(C)O. The van der Waals surface area contributed by atoms with Crippen LogP contribution in [0.3, 0.4) is 0 Å². The Morgan fingerprint density at radius 1 is 1.03 bits per heavy atom. The van der Waals surface area contributed by atoms with Gasteiger partial charge in [-0.05, 0) is 69.5 Å². The molecule has 0 atom stereocenters. The van der Waals surface area contributed by atoms with E-state index in [1.165, 1.54) is 30.3 Å². The van der Waals surface area contributed by atoms with Crippen molar-refractivity contribution in [2.75, 3.05) is 0 Å². The minimum absolute atomic E-state index is 0.0809. The summed E-state index contributed by atoms with van der Waals surface area (Å²) in [4.78, 5) is 12.5. The highest BCUT2D eigenvalue weighted by Gasteiger charge is 2.15. The normalized spacial score (nSPS) is 12.7. The van der Waals surface area contributed by atoms with Crippen LogP contribution >= 0.6 is 0 Å². The molecule has 0 bridgehead atoms. The van der Waals surface area contributed by atoms with Crippen LogP contribution in [0.5, 0.6) is 17.2 Å². The summed E-state index contributed by atoms with van der Waals surface area (Å²) in [5.74, 6) is -0.581. The van der Waals surface area contributed by atoms with E-state index in [2.05, 4.69) is 0 Å². The number of hydrogen-bond donors (Lipinski definition) is 4. The van der Waals surface area contributed by atoms with E-state index < -0.39 is 11.4 Å². The minimum Gasteiger partial charge on any atom is -0.508 e. The van der Waals surface area contributed by atoms with E-state index in [9.17, 15) is 25.2 Å². The number of aliphatic hydroxyl groups is 1. The number of hydrogen-bond acceptors (Lipinski definition) is 5. The fourth-order valence-corrected chi connectivity index (χ4v) is 2.77. The number of aromatic hydroxyl groups is 3. The number of carbonyl (C=O) groups excluding carboxylic acids is 1. The van der Waals surface area contributed by atoms with Crippen molar-refractivity contribution in [3.63, 3.8) is 0 Å². The minimum atomic E-state index is -0.876. The van der Waals surface area contributed by atoms with Crippen LogP contribution < -0.4 is 0 Å². The molecule has 158 valence electrons. The average molecular weight is 408 g/mol. The number of carbonyl (C=O) groups is 1. The van der Waals surface area contributed by atoms with Gasteiger partial charge in [-0.2, -0.15) is 0 Å². The molecule has 0 aliphatic carbocycles. The number of benzene rings is 2. The molecule has 0 fully saturated rings. The van der Waals surface area contributed by atoms with Gasteiger partial charge in [0.2, 0.25) is 0 Å². The van der Waals surface area contributed by atoms with Gasteiger partial charge in [0.15, 0.2) is 5.78 Å². The van der Waals surface area contributed by atoms with E-state index in [1.54, 1.807) is 38.1 Å². The molecule has 2 aromatic rings.